The average Bonchev–Trinajstić information content (AvgIpc) is 3.08. The zero-order valence-corrected chi connectivity index (χ0v) is 14.6. The second-order valence-corrected chi connectivity index (χ2v) is 6.46. The van der Waals surface area contributed by atoms with E-state index in [0.717, 1.165) is 30.5 Å². The first-order valence-electron chi connectivity index (χ1n) is 8.69. The summed E-state index contributed by atoms with van der Waals surface area (Å²) in [6.07, 6.45) is 4.44. The van der Waals surface area contributed by atoms with Gasteiger partial charge in [0.2, 0.25) is 11.7 Å². The Hall–Kier alpha value is -2.63. The number of aromatic nitrogens is 2. The maximum Gasteiger partial charge on any atom is 0.317 e. The number of urea groups is 1. The van der Waals surface area contributed by atoms with Crippen LogP contribution in [0.4, 0.5) is 4.79 Å². The molecule has 1 atom stereocenters. The predicted octanol–water partition coefficient (Wildman–Crippen LogP) is 3.20. The molecule has 6 heteroatoms. The molecule has 0 aliphatic carbocycles. The van der Waals surface area contributed by atoms with Crippen LogP contribution in [-0.4, -0.2) is 40.7 Å². The number of hydrogen-bond donors (Lipinski definition) is 1. The molecule has 1 aliphatic heterocycles. The summed E-state index contributed by atoms with van der Waals surface area (Å²) in [5, 5.41) is 6.95. The molecular formula is C19H24N4O2. The molecule has 1 aliphatic rings. The highest BCUT2D eigenvalue weighted by molar-refractivity contribution is 5.74. The molecule has 0 spiro atoms. The largest absolute Gasteiger partial charge is 0.339 e. The molecular weight excluding hydrogens is 316 g/mol. The van der Waals surface area contributed by atoms with Crippen molar-refractivity contribution in [3.05, 3.63) is 48.4 Å². The first-order valence-corrected chi connectivity index (χ1v) is 8.69. The Morgan fingerprint density at radius 1 is 1.48 bits per heavy atom. The van der Waals surface area contributed by atoms with E-state index in [9.17, 15) is 4.79 Å². The van der Waals surface area contributed by atoms with E-state index in [1.807, 2.05) is 36.1 Å². The van der Waals surface area contributed by atoms with Gasteiger partial charge in [0, 0.05) is 31.6 Å². The number of nitrogens with one attached hydrogen (secondary N) is 1. The van der Waals surface area contributed by atoms with Gasteiger partial charge in [0.25, 0.3) is 0 Å². The molecule has 1 aromatic carbocycles. The zero-order chi connectivity index (χ0) is 17.6. The van der Waals surface area contributed by atoms with E-state index in [4.69, 9.17) is 4.52 Å². The summed E-state index contributed by atoms with van der Waals surface area (Å²) in [7, 11) is 0. The quantitative estimate of drug-likeness (QED) is 0.849. The van der Waals surface area contributed by atoms with Crippen molar-refractivity contribution < 1.29 is 9.32 Å². The van der Waals surface area contributed by atoms with Crippen molar-refractivity contribution in [3.8, 4) is 11.4 Å². The highest BCUT2D eigenvalue weighted by Gasteiger charge is 2.25. The average molecular weight is 340 g/mol. The fourth-order valence-corrected chi connectivity index (χ4v) is 3.21. The minimum Gasteiger partial charge on any atom is -0.339 e. The third kappa shape index (κ3) is 4.26. The van der Waals surface area contributed by atoms with E-state index in [1.54, 1.807) is 6.08 Å². The lowest BCUT2D eigenvalue weighted by atomic mass is 9.95. The number of carbonyl (C=O) groups is 1. The SMILES string of the molecule is C=CCNC(=O)N1CCCC(Cc2nc(-c3ccccc3C)no2)C1. The topological polar surface area (TPSA) is 71.3 Å². The van der Waals surface area contributed by atoms with E-state index in [1.165, 1.54) is 0 Å². The molecule has 1 saturated heterocycles. The molecule has 0 saturated carbocycles. The molecule has 132 valence electrons. The maximum atomic E-state index is 12.1. The summed E-state index contributed by atoms with van der Waals surface area (Å²) in [4.78, 5) is 18.5. The third-order valence-electron chi connectivity index (χ3n) is 4.52. The first kappa shape index (κ1) is 17.2. The molecule has 25 heavy (non-hydrogen) atoms. The van der Waals surface area contributed by atoms with Crippen LogP contribution in [0.15, 0.2) is 41.4 Å². The lowest BCUT2D eigenvalue weighted by molar-refractivity contribution is 0.162. The predicted molar refractivity (Wildman–Crippen MR) is 96.1 cm³/mol. The van der Waals surface area contributed by atoms with Gasteiger partial charge in [0.1, 0.15) is 0 Å². The van der Waals surface area contributed by atoms with E-state index in [-0.39, 0.29) is 6.03 Å². The van der Waals surface area contributed by atoms with Crippen LogP contribution in [0, 0.1) is 12.8 Å². The van der Waals surface area contributed by atoms with Gasteiger partial charge in [-0.05, 0) is 31.2 Å². The standard InChI is InChI=1S/C19H24N4O2/c1-3-10-20-19(24)23-11-6-8-15(13-23)12-17-21-18(22-25-17)16-9-5-4-7-14(16)2/h3-5,7,9,15H,1,6,8,10-13H2,2H3,(H,20,24). The number of rotatable bonds is 5. The summed E-state index contributed by atoms with van der Waals surface area (Å²) in [5.41, 5.74) is 2.11. The van der Waals surface area contributed by atoms with Crippen molar-refractivity contribution in [2.75, 3.05) is 19.6 Å². The number of nitrogens with zero attached hydrogens (tertiary/aromatic N) is 3. The minimum atomic E-state index is -0.0317. The van der Waals surface area contributed by atoms with Gasteiger partial charge in [-0.3, -0.25) is 0 Å². The summed E-state index contributed by atoms with van der Waals surface area (Å²) in [6.45, 7) is 7.65. The Morgan fingerprint density at radius 2 is 2.32 bits per heavy atom. The fraction of sp³-hybridized carbons (Fsp3) is 0.421. The van der Waals surface area contributed by atoms with Gasteiger partial charge in [-0.1, -0.05) is 35.5 Å². The van der Waals surface area contributed by atoms with Crippen molar-refractivity contribution >= 4 is 6.03 Å². The normalized spacial score (nSPS) is 17.3. The smallest absolute Gasteiger partial charge is 0.317 e. The Labute approximate surface area is 147 Å². The van der Waals surface area contributed by atoms with Crippen molar-refractivity contribution in [1.29, 1.82) is 0 Å². The van der Waals surface area contributed by atoms with Crippen molar-refractivity contribution in [1.82, 2.24) is 20.4 Å². The highest BCUT2D eigenvalue weighted by atomic mass is 16.5. The second kappa shape index (κ2) is 7.96. The van der Waals surface area contributed by atoms with Gasteiger partial charge >= 0.3 is 6.03 Å². The van der Waals surface area contributed by atoms with Gasteiger partial charge in [-0.15, -0.1) is 6.58 Å². The van der Waals surface area contributed by atoms with Crippen LogP contribution >= 0.6 is 0 Å². The number of benzene rings is 1. The number of carbonyl (C=O) groups excluding carboxylic acids is 1. The van der Waals surface area contributed by atoms with Crippen molar-refractivity contribution in [3.63, 3.8) is 0 Å². The lowest BCUT2D eigenvalue weighted by Gasteiger charge is -2.32. The molecule has 0 radical (unpaired) electrons. The van der Waals surface area contributed by atoms with Gasteiger partial charge < -0.3 is 14.7 Å². The zero-order valence-electron chi connectivity index (χ0n) is 14.6. The highest BCUT2D eigenvalue weighted by Crippen LogP contribution is 2.23. The molecule has 0 bridgehead atoms. The minimum absolute atomic E-state index is 0.0317. The number of likely N-dealkylation sites (tertiary alicyclic amines) is 1. The van der Waals surface area contributed by atoms with Crippen LogP contribution in [0.2, 0.25) is 0 Å². The van der Waals surface area contributed by atoms with Gasteiger partial charge in [-0.2, -0.15) is 4.98 Å². The van der Waals surface area contributed by atoms with Crippen LogP contribution in [0.25, 0.3) is 11.4 Å². The van der Waals surface area contributed by atoms with E-state index in [2.05, 4.69) is 22.0 Å². The number of hydrogen-bond acceptors (Lipinski definition) is 4. The van der Waals surface area contributed by atoms with E-state index >= 15 is 0 Å². The fourth-order valence-electron chi connectivity index (χ4n) is 3.21. The van der Waals surface area contributed by atoms with Crippen LogP contribution in [-0.2, 0) is 6.42 Å². The molecule has 2 amide bonds. The third-order valence-corrected chi connectivity index (χ3v) is 4.52. The summed E-state index contributed by atoms with van der Waals surface area (Å²) in [5.74, 6) is 1.61. The molecule has 1 N–H and O–H groups in total. The van der Waals surface area contributed by atoms with Crippen molar-refractivity contribution in [2.45, 2.75) is 26.2 Å². The molecule has 6 nitrogen and oxygen atoms in total. The van der Waals surface area contributed by atoms with E-state index in [0.29, 0.717) is 37.1 Å². The number of aryl methyl sites for hydroxylation is 1. The van der Waals surface area contributed by atoms with Gasteiger partial charge in [-0.25, -0.2) is 4.79 Å². The molecule has 1 fully saturated rings. The molecule has 3 rings (SSSR count). The molecule has 1 aromatic heterocycles. The van der Waals surface area contributed by atoms with Crippen molar-refractivity contribution in [2.24, 2.45) is 5.92 Å². The van der Waals surface area contributed by atoms with Crippen LogP contribution in [0.3, 0.4) is 0 Å². The summed E-state index contributed by atoms with van der Waals surface area (Å²) in [6, 6.07) is 7.96. The lowest BCUT2D eigenvalue weighted by Crippen LogP contribution is -2.45. The summed E-state index contributed by atoms with van der Waals surface area (Å²) < 4.78 is 5.44. The van der Waals surface area contributed by atoms with Crippen LogP contribution < -0.4 is 5.32 Å². The Balaban J connectivity index is 1.62. The Bertz CT molecular complexity index is 741. The summed E-state index contributed by atoms with van der Waals surface area (Å²) >= 11 is 0. The van der Waals surface area contributed by atoms with E-state index < -0.39 is 0 Å². The molecule has 2 heterocycles. The molecule has 1 unspecified atom stereocenters. The molecule has 2 aromatic rings. The van der Waals surface area contributed by atoms with Gasteiger partial charge in [0.15, 0.2) is 0 Å². The first-order chi connectivity index (χ1) is 12.2. The second-order valence-electron chi connectivity index (χ2n) is 6.46. The Kier molecular flexibility index (Phi) is 5.48. The maximum absolute atomic E-state index is 12.1. The monoisotopic (exact) mass is 340 g/mol. The number of piperidine rings is 1. The van der Waals surface area contributed by atoms with Crippen LogP contribution in [0.5, 0.6) is 0 Å². The van der Waals surface area contributed by atoms with Gasteiger partial charge in [0.05, 0.1) is 0 Å². The Morgan fingerprint density at radius 3 is 3.12 bits per heavy atom. The van der Waals surface area contributed by atoms with Crippen LogP contribution in [0.1, 0.15) is 24.3 Å². The number of amides is 2.